The lowest BCUT2D eigenvalue weighted by atomic mass is 9.85. The highest BCUT2D eigenvalue weighted by molar-refractivity contribution is 7.46. The van der Waals surface area contributed by atoms with Crippen LogP contribution in [0.4, 0.5) is 0 Å². The number of rotatable bonds is 41. The smallest absolute Gasteiger partial charge is 0.306 e. The molecule has 0 aromatic carbocycles. The second-order valence-corrected chi connectivity index (χ2v) is 20.6. The summed E-state index contributed by atoms with van der Waals surface area (Å²) in [5.41, 5.74) is 0. The second-order valence-electron chi connectivity index (χ2n) is 17.0. The quantitative estimate of drug-likeness (QED) is 0.0124. The standard InChI is InChI=1S/C46H83O19P3.3H3N/c1-3-5-7-9-11-13-15-17-19-20-21-23-25-27-29-31-33-35-40(48)62-38(36-60-39(47)34-32-30-28-26-24-22-18-16-14-12-10-8-6-4-2)37-61-68(58,59)65-44-41(49)42(50)45(63-66(52,53)54)46(43(44)51)64-67(55,56)57;;;/h11,13,17,19,21,23,27,29,38,41-46,49-51H,3-10,12,14-16,18,20,22,24-26,28,30-37H2,1-2H3,(H,58,59)(H2,52,53,54)(H2,55,56,57);3*1H3/b13-11-,19-17-,23-21-,29-27-;;;/t38-,41-,42-,43+,44+,45+,46+;;;/m1.../s1. The molecule has 0 saturated heterocycles. The Hall–Kier alpha value is -2.01. The van der Waals surface area contributed by atoms with E-state index in [9.17, 15) is 58.2 Å². The zero-order chi connectivity index (χ0) is 50.7. The summed E-state index contributed by atoms with van der Waals surface area (Å²) in [6, 6.07) is 0. The summed E-state index contributed by atoms with van der Waals surface area (Å²) >= 11 is 0. The van der Waals surface area contributed by atoms with Crippen LogP contribution in [-0.4, -0.2) is 93.0 Å². The Morgan fingerprint density at radius 2 is 0.873 bits per heavy atom. The average Bonchev–Trinajstić information content (AvgIpc) is 3.27. The van der Waals surface area contributed by atoms with Gasteiger partial charge in [0.05, 0.1) is 6.61 Å². The maximum Gasteiger partial charge on any atom is 0.306 e. The molecule has 1 saturated carbocycles. The number of hydrogen-bond donors (Lipinski definition) is 8. The van der Waals surface area contributed by atoms with Crippen molar-refractivity contribution in [2.24, 2.45) is 0 Å². The van der Waals surface area contributed by atoms with Crippen molar-refractivity contribution >= 4 is 35.4 Å². The molecule has 0 radical (unpaired) electrons. The first kappa shape index (κ1) is 73.2. The molecular weight excluding hydrogens is 991 g/mol. The summed E-state index contributed by atoms with van der Waals surface area (Å²) in [6.07, 6.45) is 23.2. The van der Waals surface area contributed by atoms with E-state index in [0.29, 0.717) is 25.7 Å². The van der Waals surface area contributed by atoms with Crippen molar-refractivity contribution < 1.29 is 90.6 Å². The van der Waals surface area contributed by atoms with E-state index in [1.54, 1.807) is 0 Å². The number of allylic oxidation sites excluding steroid dienone is 8. The Balaban J connectivity index is -0.0000154. The molecule has 0 aromatic heterocycles. The normalized spacial score (nSPS) is 22.3. The molecule has 420 valence electrons. The summed E-state index contributed by atoms with van der Waals surface area (Å²) in [7, 11) is -17.5. The highest BCUT2D eigenvalue weighted by Gasteiger charge is 2.54. The number of hydrogen-bond acceptors (Lipinski definition) is 17. The molecule has 0 bridgehead atoms. The van der Waals surface area contributed by atoms with Gasteiger partial charge in [0.2, 0.25) is 0 Å². The van der Waals surface area contributed by atoms with Gasteiger partial charge in [0.25, 0.3) is 23.5 Å². The molecular formula is C46H92N3O19P3. The third kappa shape index (κ3) is 39.1. The number of unbranched alkanes of at least 4 members (excludes halogenated alkanes) is 17. The number of carbonyl (C=O) groups is 2. The van der Waals surface area contributed by atoms with Crippen LogP contribution in [0.3, 0.4) is 0 Å². The average molecular weight is 1080 g/mol. The fraction of sp³-hybridized carbons (Fsp3) is 0.783. The molecule has 0 heterocycles. The summed E-state index contributed by atoms with van der Waals surface area (Å²) in [4.78, 5) is 79.5. The van der Waals surface area contributed by atoms with Gasteiger partial charge in [-0.3, -0.25) is 23.3 Å². The van der Waals surface area contributed by atoms with Gasteiger partial charge in [0, 0.05) is 12.8 Å². The number of phosphoric acid groups is 3. The summed E-state index contributed by atoms with van der Waals surface area (Å²) in [6.45, 7) is 2.75. The van der Waals surface area contributed by atoms with Crippen LogP contribution in [0, 0.1) is 0 Å². The Morgan fingerprint density at radius 1 is 0.493 bits per heavy atom. The van der Waals surface area contributed by atoms with Crippen LogP contribution in [0.1, 0.15) is 174 Å². The Morgan fingerprint density at radius 3 is 1.34 bits per heavy atom. The van der Waals surface area contributed by atoms with E-state index in [0.717, 1.165) is 44.9 Å². The lowest BCUT2D eigenvalue weighted by molar-refractivity contribution is -0.280. The van der Waals surface area contributed by atoms with Crippen molar-refractivity contribution in [2.75, 3.05) is 13.2 Å². The van der Waals surface area contributed by atoms with Gasteiger partial charge in [-0.05, 0) is 51.4 Å². The molecule has 1 fully saturated rings. The topological polar surface area (TPSA) is 421 Å². The molecule has 22 nitrogen and oxygen atoms in total. The van der Waals surface area contributed by atoms with E-state index < -0.39 is 91.3 Å². The molecule has 1 rings (SSSR count). The van der Waals surface area contributed by atoms with Crippen LogP contribution in [0.15, 0.2) is 48.6 Å². The number of carbonyl (C=O) groups excluding carboxylic acids is 2. The summed E-state index contributed by atoms with van der Waals surface area (Å²) in [5.74, 6) is -1.42. The molecule has 1 aliphatic rings. The van der Waals surface area contributed by atoms with Crippen molar-refractivity contribution in [3.63, 3.8) is 0 Å². The monoisotopic (exact) mass is 1080 g/mol. The molecule has 10 atom stereocenters. The lowest BCUT2D eigenvalue weighted by Gasteiger charge is -2.47. The third-order valence-electron chi connectivity index (χ3n) is 10.9. The Bertz CT molecular complexity index is 1630. The SMILES string of the molecule is CCCCC/C=C\C/C=C\C/C=C\C/C=C\CCCC(=O)O[C@H](COC(=O)CCCCCCCCCCCCCCCC)COP(=O)([O-])O[C@H]1[C@H](O)[C@@H](O)[C@H](OP(=O)([O-])O)[C@@H](OP(=O)([O-])O)[C@H]1O.[NH4+].[NH4+].[NH4+]. The molecule has 25 heteroatoms. The van der Waals surface area contributed by atoms with Crippen LogP contribution in [0.2, 0.25) is 0 Å². The van der Waals surface area contributed by atoms with Crippen molar-refractivity contribution in [3.05, 3.63) is 48.6 Å². The summed E-state index contributed by atoms with van der Waals surface area (Å²) < 4.78 is 64.4. The number of esters is 2. The van der Waals surface area contributed by atoms with Gasteiger partial charge in [0.15, 0.2) is 6.10 Å². The number of quaternary nitrogens is 3. The van der Waals surface area contributed by atoms with Crippen LogP contribution < -0.4 is 33.1 Å². The molecule has 0 aromatic rings. The van der Waals surface area contributed by atoms with E-state index in [-0.39, 0.29) is 31.3 Å². The van der Waals surface area contributed by atoms with Crippen molar-refractivity contribution in [1.82, 2.24) is 18.5 Å². The molecule has 3 unspecified atom stereocenters. The van der Waals surface area contributed by atoms with Crippen LogP contribution in [-0.2, 0) is 50.9 Å². The molecule has 0 spiro atoms. The first-order chi connectivity index (χ1) is 32.3. The van der Waals surface area contributed by atoms with Gasteiger partial charge in [-0.25, -0.2) is 0 Å². The van der Waals surface area contributed by atoms with Gasteiger partial charge in [-0.2, -0.15) is 0 Å². The zero-order valence-electron chi connectivity index (χ0n) is 43.0. The highest BCUT2D eigenvalue weighted by Crippen LogP contribution is 2.48. The van der Waals surface area contributed by atoms with Gasteiger partial charge in [-0.1, -0.05) is 159 Å². The van der Waals surface area contributed by atoms with Crippen molar-refractivity contribution in [3.8, 4) is 0 Å². The van der Waals surface area contributed by atoms with E-state index in [4.69, 9.17) is 23.4 Å². The minimum absolute atomic E-state index is 0. The fourth-order valence-electron chi connectivity index (χ4n) is 7.21. The maximum atomic E-state index is 13.0. The summed E-state index contributed by atoms with van der Waals surface area (Å²) in [5, 5.41) is 31.7. The molecule has 17 N–H and O–H groups in total. The first-order valence-corrected chi connectivity index (χ1v) is 28.8. The predicted molar refractivity (Wildman–Crippen MR) is 268 cm³/mol. The van der Waals surface area contributed by atoms with Gasteiger partial charge >= 0.3 is 11.9 Å². The number of aliphatic hydroxyl groups excluding tert-OH is 3. The molecule has 1 aliphatic carbocycles. The van der Waals surface area contributed by atoms with Crippen LogP contribution in [0.5, 0.6) is 0 Å². The Labute approximate surface area is 422 Å². The molecule has 0 aliphatic heterocycles. The maximum absolute atomic E-state index is 13.0. The Kier molecular flexibility index (Phi) is 44.6. The molecule has 0 amide bonds. The second kappa shape index (κ2) is 43.3. The lowest BCUT2D eigenvalue weighted by Crippen LogP contribution is -2.65. The van der Waals surface area contributed by atoms with Gasteiger partial charge in [-0.15, -0.1) is 0 Å². The first-order valence-electron chi connectivity index (χ1n) is 24.4. The third-order valence-corrected chi connectivity index (χ3v) is 12.9. The van der Waals surface area contributed by atoms with Crippen LogP contribution in [0.25, 0.3) is 0 Å². The fourth-order valence-corrected chi connectivity index (χ4v) is 9.27. The van der Waals surface area contributed by atoms with Crippen molar-refractivity contribution in [1.29, 1.82) is 0 Å². The van der Waals surface area contributed by atoms with E-state index in [1.165, 1.54) is 77.0 Å². The van der Waals surface area contributed by atoms with Gasteiger partial charge in [0.1, 0.15) is 43.2 Å². The number of aliphatic hydroxyl groups is 3. The van der Waals surface area contributed by atoms with Crippen molar-refractivity contribution in [2.45, 2.75) is 217 Å². The van der Waals surface area contributed by atoms with Crippen LogP contribution >= 0.6 is 23.5 Å². The predicted octanol–water partition coefficient (Wildman–Crippen LogP) is 8.25. The number of phosphoric ester groups is 3. The van der Waals surface area contributed by atoms with E-state index >= 15 is 0 Å². The number of ether oxygens (including phenoxy) is 2. The van der Waals surface area contributed by atoms with E-state index in [1.807, 2.05) is 18.2 Å². The van der Waals surface area contributed by atoms with Gasteiger partial charge < -0.3 is 85.8 Å². The highest BCUT2D eigenvalue weighted by atomic mass is 31.2. The zero-order valence-corrected chi connectivity index (χ0v) is 45.7. The minimum Gasteiger partial charge on any atom is -0.756 e. The largest absolute Gasteiger partial charge is 0.756 e. The van der Waals surface area contributed by atoms with E-state index in [2.05, 4.69) is 53.3 Å². The molecule has 71 heavy (non-hydrogen) atoms. The minimum atomic E-state index is -5.89.